The quantitative estimate of drug-likeness (QED) is 0.775. The largest absolute Gasteiger partial charge is 0.280 e. The molecular weight excluding hydrogens is 396 g/mol. The number of sulfonamides is 2. The summed E-state index contributed by atoms with van der Waals surface area (Å²) in [6.07, 6.45) is 1.20. The zero-order valence-corrected chi connectivity index (χ0v) is 18.0. The molecule has 1 N–H and O–H groups in total. The van der Waals surface area contributed by atoms with E-state index in [1.165, 1.54) is 4.31 Å². The van der Waals surface area contributed by atoms with Crippen molar-refractivity contribution in [1.82, 2.24) is 4.31 Å². The van der Waals surface area contributed by atoms with Crippen LogP contribution in [0.15, 0.2) is 41.3 Å². The molecule has 0 unspecified atom stereocenters. The van der Waals surface area contributed by atoms with Gasteiger partial charge in [-0.3, -0.25) is 4.72 Å². The molecule has 0 spiro atoms. The zero-order valence-electron chi connectivity index (χ0n) is 16.4. The van der Waals surface area contributed by atoms with Crippen molar-refractivity contribution in [1.29, 1.82) is 0 Å². The molecule has 0 aromatic heterocycles. The first-order valence-electron chi connectivity index (χ1n) is 9.32. The molecule has 2 aromatic carbocycles. The molecule has 2 aromatic rings. The first-order valence-corrected chi connectivity index (χ1v) is 12.4. The Kier molecular flexibility index (Phi) is 5.84. The maximum absolute atomic E-state index is 12.8. The zero-order chi connectivity index (χ0) is 20.5. The van der Waals surface area contributed by atoms with Crippen LogP contribution in [-0.2, 0) is 33.0 Å². The maximum atomic E-state index is 12.8. The van der Waals surface area contributed by atoms with E-state index in [1.807, 2.05) is 26.0 Å². The summed E-state index contributed by atoms with van der Waals surface area (Å²) in [5, 5.41) is 0. The molecule has 0 atom stereocenters. The van der Waals surface area contributed by atoms with E-state index >= 15 is 0 Å². The molecule has 0 saturated heterocycles. The van der Waals surface area contributed by atoms with Crippen molar-refractivity contribution in [2.75, 3.05) is 17.0 Å². The van der Waals surface area contributed by atoms with Crippen LogP contribution in [0.4, 0.5) is 5.69 Å². The second-order valence-electron chi connectivity index (χ2n) is 7.26. The maximum Gasteiger partial charge on any atom is 0.262 e. The van der Waals surface area contributed by atoms with Gasteiger partial charge in [-0.05, 0) is 61.6 Å². The predicted molar refractivity (Wildman–Crippen MR) is 111 cm³/mol. The average molecular weight is 423 g/mol. The Balaban J connectivity index is 1.86. The van der Waals surface area contributed by atoms with Crippen LogP contribution in [0.2, 0.25) is 0 Å². The molecule has 8 heteroatoms. The van der Waals surface area contributed by atoms with Crippen LogP contribution >= 0.6 is 0 Å². The highest BCUT2D eigenvalue weighted by atomic mass is 32.2. The van der Waals surface area contributed by atoms with Crippen LogP contribution in [-0.4, -0.2) is 33.4 Å². The van der Waals surface area contributed by atoms with E-state index in [1.54, 1.807) is 31.2 Å². The van der Waals surface area contributed by atoms with E-state index in [-0.39, 0.29) is 17.2 Å². The van der Waals surface area contributed by atoms with Crippen molar-refractivity contribution < 1.29 is 16.8 Å². The fourth-order valence-electron chi connectivity index (χ4n) is 3.53. The smallest absolute Gasteiger partial charge is 0.262 e. The lowest BCUT2D eigenvalue weighted by Crippen LogP contribution is -2.37. The number of nitrogens with zero attached hydrogens (tertiary/aromatic N) is 1. The SMILES string of the molecule is CCCS(=O)(=O)N1CCc2ccc(NS(=O)(=O)c3ccc(C)cc3C)cc2C1. The lowest BCUT2D eigenvalue weighted by Gasteiger charge is -2.28. The molecule has 3 rings (SSSR count). The minimum atomic E-state index is -3.72. The van der Waals surface area contributed by atoms with Gasteiger partial charge in [0.25, 0.3) is 10.0 Å². The molecule has 1 aliphatic heterocycles. The summed E-state index contributed by atoms with van der Waals surface area (Å²) in [5.74, 6) is 0.126. The third-order valence-corrected chi connectivity index (χ3v) is 8.48. The molecule has 0 aliphatic carbocycles. The fourth-order valence-corrected chi connectivity index (χ4v) is 6.29. The van der Waals surface area contributed by atoms with Crippen LogP contribution in [0.5, 0.6) is 0 Å². The van der Waals surface area contributed by atoms with Gasteiger partial charge in [0.1, 0.15) is 0 Å². The van der Waals surface area contributed by atoms with Crippen LogP contribution in [0.25, 0.3) is 0 Å². The fraction of sp³-hybridized carbons (Fsp3) is 0.400. The number of hydrogen-bond acceptors (Lipinski definition) is 4. The van der Waals surface area contributed by atoms with Gasteiger partial charge in [-0.25, -0.2) is 16.8 Å². The summed E-state index contributed by atoms with van der Waals surface area (Å²) in [5.41, 5.74) is 4.01. The Bertz CT molecular complexity index is 1090. The molecule has 0 radical (unpaired) electrons. The van der Waals surface area contributed by atoms with Gasteiger partial charge in [0.15, 0.2) is 0 Å². The van der Waals surface area contributed by atoms with Crippen molar-refractivity contribution in [3.63, 3.8) is 0 Å². The summed E-state index contributed by atoms with van der Waals surface area (Å²) < 4.78 is 54.4. The lowest BCUT2D eigenvalue weighted by atomic mass is 10.0. The Morgan fingerprint density at radius 1 is 1.00 bits per heavy atom. The van der Waals surface area contributed by atoms with Gasteiger partial charge >= 0.3 is 0 Å². The van der Waals surface area contributed by atoms with Gasteiger partial charge in [-0.1, -0.05) is 30.7 Å². The standard InChI is InChI=1S/C20H26N2O4S2/c1-4-11-27(23,24)22-10-9-17-6-7-19(13-18(17)14-22)21-28(25,26)20-8-5-15(2)12-16(20)3/h5-8,12-13,21H,4,9-11,14H2,1-3H3. The Labute approximate surface area is 167 Å². The van der Waals surface area contributed by atoms with Crippen LogP contribution < -0.4 is 4.72 Å². The van der Waals surface area contributed by atoms with Gasteiger partial charge in [-0.2, -0.15) is 4.31 Å². The number of benzene rings is 2. The summed E-state index contributed by atoms with van der Waals surface area (Å²) in [6, 6.07) is 10.5. The number of fused-ring (bicyclic) bond motifs is 1. The first-order chi connectivity index (χ1) is 13.1. The monoisotopic (exact) mass is 422 g/mol. The van der Waals surface area contributed by atoms with Crippen molar-refractivity contribution >= 4 is 25.7 Å². The second-order valence-corrected chi connectivity index (χ2v) is 11.0. The van der Waals surface area contributed by atoms with Gasteiger partial charge in [-0.15, -0.1) is 0 Å². The molecular formula is C20H26N2O4S2. The average Bonchev–Trinajstić information content (AvgIpc) is 2.60. The van der Waals surface area contributed by atoms with E-state index in [4.69, 9.17) is 0 Å². The molecule has 0 saturated carbocycles. The normalized spacial score (nSPS) is 15.2. The van der Waals surface area contributed by atoms with E-state index < -0.39 is 20.0 Å². The number of rotatable bonds is 6. The van der Waals surface area contributed by atoms with Gasteiger partial charge in [0.05, 0.1) is 10.6 Å². The van der Waals surface area contributed by atoms with E-state index in [9.17, 15) is 16.8 Å². The summed E-state index contributed by atoms with van der Waals surface area (Å²) in [6.45, 7) is 6.26. The minimum Gasteiger partial charge on any atom is -0.280 e. The highest BCUT2D eigenvalue weighted by molar-refractivity contribution is 7.92. The molecule has 1 aliphatic rings. The molecule has 0 amide bonds. The Morgan fingerprint density at radius 2 is 1.75 bits per heavy atom. The van der Waals surface area contributed by atoms with Gasteiger partial charge in [0, 0.05) is 18.8 Å². The number of aryl methyl sites for hydroxylation is 2. The molecule has 6 nitrogen and oxygen atoms in total. The van der Waals surface area contributed by atoms with Crippen LogP contribution in [0.1, 0.15) is 35.6 Å². The highest BCUT2D eigenvalue weighted by Gasteiger charge is 2.26. The van der Waals surface area contributed by atoms with Crippen molar-refractivity contribution in [3.05, 3.63) is 58.7 Å². The molecule has 0 bridgehead atoms. The van der Waals surface area contributed by atoms with Gasteiger partial charge < -0.3 is 0 Å². The molecule has 0 fully saturated rings. The first kappa shape index (κ1) is 20.8. The topological polar surface area (TPSA) is 83.6 Å². The van der Waals surface area contributed by atoms with Gasteiger partial charge in [0.2, 0.25) is 10.0 Å². The third kappa shape index (κ3) is 4.39. The second kappa shape index (κ2) is 7.85. The van der Waals surface area contributed by atoms with E-state index in [0.717, 1.165) is 16.7 Å². The summed E-state index contributed by atoms with van der Waals surface area (Å²) in [4.78, 5) is 0.239. The third-order valence-electron chi connectivity index (χ3n) is 4.91. The summed E-state index contributed by atoms with van der Waals surface area (Å²) >= 11 is 0. The highest BCUT2D eigenvalue weighted by Crippen LogP contribution is 2.27. The lowest BCUT2D eigenvalue weighted by molar-refractivity contribution is 0.391. The Hall–Kier alpha value is -1.90. The minimum absolute atomic E-state index is 0.126. The molecule has 152 valence electrons. The van der Waals surface area contributed by atoms with Crippen molar-refractivity contribution in [3.8, 4) is 0 Å². The number of nitrogens with one attached hydrogen (secondary N) is 1. The van der Waals surface area contributed by atoms with Crippen LogP contribution in [0.3, 0.4) is 0 Å². The van der Waals surface area contributed by atoms with E-state index in [0.29, 0.717) is 30.6 Å². The predicted octanol–water partition coefficient (Wildman–Crippen LogP) is 3.20. The number of anilines is 1. The molecule has 1 heterocycles. The molecule has 28 heavy (non-hydrogen) atoms. The number of hydrogen-bond donors (Lipinski definition) is 1. The van der Waals surface area contributed by atoms with E-state index in [2.05, 4.69) is 4.72 Å². The van der Waals surface area contributed by atoms with Crippen molar-refractivity contribution in [2.45, 2.75) is 45.1 Å². The summed E-state index contributed by atoms with van der Waals surface area (Å²) in [7, 11) is -7.00. The van der Waals surface area contributed by atoms with Crippen LogP contribution in [0, 0.1) is 13.8 Å². The Morgan fingerprint density at radius 3 is 2.43 bits per heavy atom. The van der Waals surface area contributed by atoms with Crippen molar-refractivity contribution in [2.24, 2.45) is 0 Å².